The normalized spacial score (nSPS) is 19.5. The molecule has 0 saturated carbocycles. The minimum Gasteiger partial charge on any atom is -0.394 e. The van der Waals surface area contributed by atoms with Gasteiger partial charge in [0.25, 0.3) is 0 Å². The van der Waals surface area contributed by atoms with E-state index in [4.69, 9.17) is 9.47 Å². The first-order chi connectivity index (χ1) is 35.8. The molecule has 0 aromatic carbocycles. The van der Waals surface area contributed by atoms with E-state index in [1.54, 1.807) is 6.08 Å². The van der Waals surface area contributed by atoms with Crippen LogP contribution in [0.25, 0.3) is 0 Å². The minimum absolute atomic E-state index is 0.186. The van der Waals surface area contributed by atoms with Gasteiger partial charge in [0.05, 0.1) is 25.4 Å². The summed E-state index contributed by atoms with van der Waals surface area (Å²) in [7, 11) is 0. The van der Waals surface area contributed by atoms with Crippen molar-refractivity contribution in [2.24, 2.45) is 0 Å². The van der Waals surface area contributed by atoms with Crippen molar-refractivity contribution in [3.63, 3.8) is 0 Å². The Hall–Kier alpha value is -2.11. The maximum absolute atomic E-state index is 13.1. The SMILES string of the molecule is CCCCCCC/C=C\C/C=C\C/C=C\CCCCCCCCCCCCCCCCC(=O)NC(COC1OC(CO)C(O)C(O)C1O)C(O)/C=C/CC/C=C/CCCCCCCCCCCCCCCCC. The van der Waals surface area contributed by atoms with Gasteiger partial charge in [0.15, 0.2) is 6.29 Å². The second-order valence-corrected chi connectivity index (χ2v) is 21.5. The minimum atomic E-state index is -1.57. The number of hydrogen-bond donors (Lipinski definition) is 6. The van der Waals surface area contributed by atoms with Gasteiger partial charge in [-0.1, -0.05) is 267 Å². The Morgan fingerprint density at radius 3 is 1.25 bits per heavy atom. The summed E-state index contributed by atoms with van der Waals surface area (Å²) >= 11 is 0. The molecule has 0 radical (unpaired) electrons. The van der Waals surface area contributed by atoms with E-state index in [1.165, 1.54) is 212 Å². The van der Waals surface area contributed by atoms with Crippen LogP contribution in [0.15, 0.2) is 60.8 Å². The number of aliphatic hydroxyl groups excluding tert-OH is 5. The third kappa shape index (κ3) is 42.7. The fourth-order valence-corrected chi connectivity index (χ4v) is 9.65. The van der Waals surface area contributed by atoms with Crippen LogP contribution in [-0.2, 0) is 14.3 Å². The lowest BCUT2D eigenvalue weighted by molar-refractivity contribution is -0.302. The average Bonchev–Trinajstić information content (AvgIpc) is 3.39. The van der Waals surface area contributed by atoms with E-state index in [-0.39, 0.29) is 12.5 Å². The smallest absolute Gasteiger partial charge is 0.220 e. The van der Waals surface area contributed by atoms with Crippen LogP contribution in [0.3, 0.4) is 0 Å². The molecule has 0 spiro atoms. The number of carbonyl (C=O) groups excluding carboxylic acids is 1. The van der Waals surface area contributed by atoms with Crippen LogP contribution in [0.2, 0.25) is 0 Å². The summed E-state index contributed by atoms with van der Waals surface area (Å²) in [6, 6.07) is -0.825. The van der Waals surface area contributed by atoms with Crippen LogP contribution >= 0.6 is 0 Å². The lowest BCUT2D eigenvalue weighted by atomic mass is 9.99. The number of carbonyl (C=O) groups is 1. The van der Waals surface area contributed by atoms with Crippen molar-refractivity contribution in [2.75, 3.05) is 13.2 Å². The van der Waals surface area contributed by atoms with Crippen LogP contribution in [0.5, 0.6) is 0 Å². The second kappa shape index (κ2) is 53.3. The number of aliphatic hydroxyl groups is 5. The van der Waals surface area contributed by atoms with E-state index in [1.807, 2.05) is 6.08 Å². The molecule has 0 aliphatic carbocycles. The highest BCUT2D eigenvalue weighted by Crippen LogP contribution is 2.23. The Balaban J connectivity index is 2.20. The first kappa shape index (κ1) is 68.9. The largest absolute Gasteiger partial charge is 0.394 e. The van der Waals surface area contributed by atoms with E-state index in [9.17, 15) is 30.3 Å². The van der Waals surface area contributed by atoms with Crippen LogP contribution in [0, 0.1) is 0 Å². The number of unbranched alkanes of at least 4 members (excludes halogenated alkanes) is 35. The van der Waals surface area contributed by atoms with Gasteiger partial charge < -0.3 is 40.3 Å². The molecule has 9 nitrogen and oxygen atoms in total. The summed E-state index contributed by atoms with van der Waals surface area (Å²) in [6.07, 6.45) is 65.8. The molecule has 7 unspecified atom stereocenters. The number of rotatable bonds is 53. The van der Waals surface area contributed by atoms with Gasteiger partial charge in [-0.2, -0.15) is 0 Å². The Labute approximate surface area is 449 Å². The van der Waals surface area contributed by atoms with Gasteiger partial charge in [-0.3, -0.25) is 4.79 Å². The van der Waals surface area contributed by atoms with Gasteiger partial charge >= 0.3 is 0 Å². The first-order valence-corrected chi connectivity index (χ1v) is 31.0. The molecule has 6 N–H and O–H groups in total. The lowest BCUT2D eigenvalue weighted by Crippen LogP contribution is -2.60. The highest BCUT2D eigenvalue weighted by molar-refractivity contribution is 5.76. The third-order valence-corrected chi connectivity index (χ3v) is 14.6. The quantitative estimate of drug-likeness (QED) is 0.0261. The number of ether oxygens (including phenoxy) is 2. The molecular weight excluding hydrogens is 911 g/mol. The zero-order valence-corrected chi connectivity index (χ0v) is 47.4. The standard InChI is InChI=1S/C64H117NO8/c1-3-5-7-9-11-13-15-17-19-21-23-25-26-27-28-29-30-31-32-34-36-38-40-42-44-46-48-50-52-54-60(68)65-57(56-72-64-63(71)62(70)61(69)59(55-66)73-64)58(67)53-51-49-47-45-43-41-39-37-35-33-24-22-20-18-16-14-12-10-8-6-4-2/h15,17,21,23,26-27,43,45,51,53,57-59,61-64,66-67,69-71H,3-14,16,18-20,22,24-25,28-42,44,46-50,52,54-56H2,1-2H3,(H,65,68)/b17-15-,23-21-,27-26-,45-43+,53-51+. The van der Waals surface area contributed by atoms with Crippen molar-refractivity contribution in [1.29, 1.82) is 0 Å². The predicted molar refractivity (Wildman–Crippen MR) is 309 cm³/mol. The second-order valence-electron chi connectivity index (χ2n) is 21.5. The Bertz CT molecular complexity index is 1330. The third-order valence-electron chi connectivity index (χ3n) is 14.6. The van der Waals surface area contributed by atoms with E-state index in [0.29, 0.717) is 6.42 Å². The molecular formula is C64H117NO8. The predicted octanol–water partition coefficient (Wildman–Crippen LogP) is 15.9. The maximum atomic E-state index is 13.1. The van der Waals surface area contributed by atoms with Crippen LogP contribution < -0.4 is 5.32 Å². The summed E-state index contributed by atoms with van der Waals surface area (Å²) in [5, 5.41) is 54.6. The molecule has 0 aromatic rings. The molecule has 426 valence electrons. The highest BCUT2D eigenvalue weighted by atomic mass is 16.7. The molecule has 1 amide bonds. The Morgan fingerprint density at radius 1 is 0.466 bits per heavy atom. The molecule has 73 heavy (non-hydrogen) atoms. The molecule has 7 atom stereocenters. The Morgan fingerprint density at radius 2 is 0.822 bits per heavy atom. The fraction of sp³-hybridized carbons (Fsp3) is 0.828. The van der Waals surface area contributed by atoms with Crippen molar-refractivity contribution in [3.8, 4) is 0 Å². The Kier molecular flexibility index (Phi) is 50.3. The van der Waals surface area contributed by atoms with Gasteiger partial charge in [0, 0.05) is 6.42 Å². The van der Waals surface area contributed by atoms with Gasteiger partial charge in [-0.25, -0.2) is 0 Å². The summed E-state index contributed by atoms with van der Waals surface area (Å²) in [5.41, 5.74) is 0. The van der Waals surface area contributed by atoms with Crippen molar-refractivity contribution >= 4 is 5.91 Å². The molecule has 1 aliphatic rings. The van der Waals surface area contributed by atoms with Crippen molar-refractivity contribution in [1.82, 2.24) is 5.32 Å². The summed E-state index contributed by atoms with van der Waals surface area (Å²) < 4.78 is 11.3. The van der Waals surface area contributed by atoms with E-state index in [0.717, 1.165) is 51.4 Å². The zero-order chi connectivity index (χ0) is 52.9. The van der Waals surface area contributed by atoms with Gasteiger partial charge in [-0.15, -0.1) is 0 Å². The number of hydrogen-bond acceptors (Lipinski definition) is 8. The highest BCUT2D eigenvalue weighted by Gasteiger charge is 2.44. The number of amides is 1. The summed E-state index contributed by atoms with van der Waals surface area (Å²) in [5.74, 6) is -0.186. The summed E-state index contributed by atoms with van der Waals surface area (Å²) in [4.78, 5) is 13.1. The van der Waals surface area contributed by atoms with E-state index < -0.39 is 49.5 Å². The zero-order valence-electron chi connectivity index (χ0n) is 47.4. The topological polar surface area (TPSA) is 149 Å². The van der Waals surface area contributed by atoms with Crippen molar-refractivity contribution in [3.05, 3.63) is 60.8 Å². The molecule has 0 bridgehead atoms. The van der Waals surface area contributed by atoms with Crippen LogP contribution in [-0.4, -0.2) is 87.5 Å². The van der Waals surface area contributed by atoms with Crippen molar-refractivity contribution in [2.45, 2.75) is 326 Å². The van der Waals surface area contributed by atoms with Crippen molar-refractivity contribution < 1.29 is 39.8 Å². The molecule has 1 rings (SSSR count). The van der Waals surface area contributed by atoms with Crippen LogP contribution in [0.1, 0.15) is 284 Å². The number of allylic oxidation sites excluding steroid dienone is 9. The number of nitrogens with one attached hydrogen (secondary N) is 1. The molecule has 1 fully saturated rings. The molecule has 0 aromatic heterocycles. The first-order valence-electron chi connectivity index (χ1n) is 31.0. The average molecular weight is 1030 g/mol. The maximum Gasteiger partial charge on any atom is 0.220 e. The van der Waals surface area contributed by atoms with Gasteiger partial charge in [-0.05, 0) is 70.6 Å². The van der Waals surface area contributed by atoms with Gasteiger partial charge in [0.2, 0.25) is 5.91 Å². The van der Waals surface area contributed by atoms with E-state index >= 15 is 0 Å². The monoisotopic (exact) mass is 1030 g/mol. The molecule has 1 heterocycles. The lowest BCUT2D eigenvalue weighted by Gasteiger charge is -2.40. The molecule has 1 aliphatic heterocycles. The van der Waals surface area contributed by atoms with E-state index in [2.05, 4.69) is 67.8 Å². The van der Waals surface area contributed by atoms with Gasteiger partial charge in [0.1, 0.15) is 24.4 Å². The fourth-order valence-electron chi connectivity index (χ4n) is 9.65. The molecule has 9 heteroatoms. The van der Waals surface area contributed by atoms with Crippen LogP contribution in [0.4, 0.5) is 0 Å². The summed E-state index contributed by atoms with van der Waals surface area (Å²) in [6.45, 7) is 3.78. The molecule has 1 saturated heterocycles.